The highest BCUT2D eigenvalue weighted by atomic mass is 32.1. The molecule has 0 aliphatic carbocycles. The number of hydrogen-bond acceptors (Lipinski definition) is 6. The van der Waals surface area contributed by atoms with E-state index in [1.807, 2.05) is 0 Å². The van der Waals surface area contributed by atoms with Gasteiger partial charge in [-0.2, -0.15) is 4.68 Å². The number of ether oxygens (including phenoxy) is 1. The molecule has 1 N–H and O–H groups in total. The zero-order chi connectivity index (χ0) is 9.84. The molecular formula is C4H9N4O3PS. The smallest absolute Gasteiger partial charge is 0.239 e. The average molecular weight is 224 g/mol. The summed E-state index contributed by atoms with van der Waals surface area (Å²) in [6.07, 6.45) is 0. The molecule has 7 nitrogen and oxygen atoms in total. The first kappa shape index (κ1) is 10.6. The molecule has 0 spiro atoms. The SMILES string of the molecule is CCOC(n1nnnc1S)[PH](=O)O. The van der Waals surface area contributed by atoms with E-state index in [1.165, 1.54) is 0 Å². The standard InChI is InChI=1S/C4H9N4O3PS/c1-2-11-4(12(9)10)8-3(13)5-6-7-8/h4,12H,2H2,1H3,(H,9,10)(H,5,7,13). The van der Waals surface area contributed by atoms with E-state index >= 15 is 0 Å². The van der Waals surface area contributed by atoms with E-state index in [9.17, 15) is 4.57 Å². The Morgan fingerprint density at radius 3 is 2.92 bits per heavy atom. The van der Waals surface area contributed by atoms with Crippen molar-refractivity contribution in [3.05, 3.63) is 0 Å². The Kier molecular flexibility index (Phi) is 3.86. The van der Waals surface area contributed by atoms with Crippen LogP contribution in [0.4, 0.5) is 0 Å². The van der Waals surface area contributed by atoms with Crippen molar-refractivity contribution in [2.75, 3.05) is 6.61 Å². The molecule has 13 heavy (non-hydrogen) atoms. The van der Waals surface area contributed by atoms with Gasteiger partial charge in [0, 0.05) is 6.61 Å². The second-order valence-corrected chi connectivity index (χ2v) is 3.64. The fourth-order valence-electron chi connectivity index (χ4n) is 0.745. The number of aromatic nitrogens is 4. The van der Waals surface area contributed by atoms with Crippen LogP contribution in [0.3, 0.4) is 0 Å². The molecular weight excluding hydrogens is 215 g/mol. The van der Waals surface area contributed by atoms with Gasteiger partial charge in [-0.1, -0.05) is 0 Å². The molecule has 0 aliphatic rings. The van der Waals surface area contributed by atoms with Crippen molar-refractivity contribution in [1.82, 2.24) is 20.2 Å². The third-order valence-electron chi connectivity index (χ3n) is 1.23. The summed E-state index contributed by atoms with van der Waals surface area (Å²) in [4.78, 5) is 8.91. The molecule has 0 saturated carbocycles. The zero-order valence-corrected chi connectivity index (χ0v) is 8.68. The average Bonchev–Trinajstić information content (AvgIpc) is 2.47. The van der Waals surface area contributed by atoms with Crippen LogP contribution in [0.25, 0.3) is 0 Å². The molecule has 0 fully saturated rings. The summed E-state index contributed by atoms with van der Waals surface area (Å²) in [6, 6.07) is 0. The molecule has 0 amide bonds. The van der Waals surface area contributed by atoms with Crippen LogP contribution >= 0.6 is 20.7 Å². The Balaban J connectivity index is 2.88. The highest BCUT2D eigenvalue weighted by Gasteiger charge is 2.20. The summed E-state index contributed by atoms with van der Waals surface area (Å²) in [5, 5.41) is 10.4. The zero-order valence-electron chi connectivity index (χ0n) is 6.78. The highest BCUT2D eigenvalue weighted by Crippen LogP contribution is 2.33. The van der Waals surface area contributed by atoms with Gasteiger partial charge in [0.15, 0.2) is 0 Å². The maximum Gasteiger partial charge on any atom is 0.239 e. The number of thiol groups is 1. The predicted octanol–water partition coefficient (Wildman–Crippen LogP) is -0.0786. The van der Waals surface area contributed by atoms with Gasteiger partial charge in [-0.3, -0.25) is 4.57 Å². The lowest BCUT2D eigenvalue weighted by molar-refractivity contribution is 0.0494. The quantitative estimate of drug-likeness (QED) is 0.549. The molecule has 2 atom stereocenters. The Morgan fingerprint density at radius 1 is 1.85 bits per heavy atom. The van der Waals surface area contributed by atoms with Crippen molar-refractivity contribution in [1.29, 1.82) is 0 Å². The summed E-state index contributed by atoms with van der Waals surface area (Å²) >= 11 is 3.89. The van der Waals surface area contributed by atoms with Crippen LogP contribution in [0, 0.1) is 0 Å². The van der Waals surface area contributed by atoms with Crippen LogP contribution in [0.1, 0.15) is 12.9 Å². The molecule has 1 aromatic rings. The third-order valence-corrected chi connectivity index (χ3v) is 2.36. The topological polar surface area (TPSA) is 90.1 Å². The second-order valence-electron chi connectivity index (χ2n) is 2.07. The van der Waals surface area contributed by atoms with Crippen LogP contribution in [0.15, 0.2) is 5.16 Å². The van der Waals surface area contributed by atoms with Crippen molar-refractivity contribution >= 4 is 20.7 Å². The fraction of sp³-hybridized carbons (Fsp3) is 0.750. The maximum atomic E-state index is 10.8. The predicted molar refractivity (Wildman–Crippen MR) is 47.0 cm³/mol. The summed E-state index contributed by atoms with van der Waals surface area (Å²) in [6.45, 7) is 2.01. The van der Waals surface area contributed by atoms with Crippen molar-refractivity contribution in [3.8, 4) is 0 Å². The van der Waals surface area contributed by atoms with Gasteiger partial charge in [0.2, 0.25) is 19.2 Å². The molecule has 0 aromatic carbocycles. The number of rotatable bonds is 4. The molecule has 9 heteroatoms. The van der Waals surface area contributed by atoms with Gasteiger partial charge in [0.25, 0.3) is 0 Å². The van der Waals surface area contributed by atoms with E-state index < -0.39 is 14.0 Å². The van der Waals surface area contributed by atoms with E-state index in [1.54, 1.807) is 6.92 Å². The van der Waals surface area contributed by atoms with Gasteiger partial charge >= 0.3 is 0 Å². The van der Waals surface area contributed by atoms with E-state index in [-0.39, 0.29) is 5.16 Å². The third kappa shape index (κ3) is 2.50. The minimum absolute atomic E-state index is 0.144. The first-order valence-electron chi connectivity index (χ1n) is 3.48. The highest BCUT2D eigenvalue weighted by molar-refractivity contribution is 7.80. The summed E-state index contributed by atoms with van der Waals surface area (Å²) in [7, 11) is -2.88. The molecule has 0 radical (unpaired) electrons. The molecule has 1 heterocycles. The van der Waals surface area contributed by atoms with Crippen LogP contribution < -0.4 is 0 Å². The summed E-state index contributed by atoms with van der Waals surface area (Å²) < 4.78 is 16.9. The monoisotopic (exact) mass is 224 g/mol. The molecule has 1 aromatic heterocycles. The maximum absolute atomic E-state index is 10.8. The van der Waals surface area contributed by atoms with Gasteiger partial charge < -0.3 is 9.63 Å². The lowest BCUT2D eigenvalue weighted by Gasteiger charge is -2.12. The van der Waals surface area contributed by atoms with E-state index in [0.717, 1.165) is 4.68 Å². The van der Waals surface area contributed by atoms with Crippen LogP contribution in [-0.4, -0.2) is 31.7 Å². The normalized spacial score (nSPS) is 15.6. The largest absolute Gasteiger partial charge is 0.348 e. The molecule has 74 valence electrons. The van der Waals surface area contributed by atoms with Gasteiger partial charge in [-0.05, 0) is 17.4 Å². The summed E-state index contributed by atoms with van der Waals surface area (Å²) in [5.74, 6) is -1.03. The molecule has 1 rings (SSSR count). The Hall–Kier alpha value is -0.430. The number of tetrazole rings is 1. The first-order chi connectivity index (χ1) is 6.16. The molecule has 0 saturated heterocycles. The van der Waals surface area contributed by atoms with E-state index in [2.05, 4.69) is 28.2 Å². The number of nitrogens with zero attached hydrogens (tertiary/aromatic N) is 4. The molecule has 2 unspecified atom stereocenters. The molecule has 0 aliphatic heterocycles. The van der Waals surface area contributed by atoms with E-state index in [4.69, 9.17) is 9.63 Å². The van der Waals surface area contributed by atoms with Gasteiger partial charge in [0.05, 0.1) is 0 Å². The van der Waals surface area contributed by atoms with Gasteiger partial charge in [0.1, 0.15) is 0 Å². The van der Waals surface area contributed by atoms with Crippen molar-refractivity contribution in [2.24, 2.45) is 0 Å². The summed E-state index contributed by atoms with van der Waals surface area (Å²) in [5.41, 5.74) is 0. The van der Waals surface area contributed by atoms with Crippen LogP contribution in [0.5, 0.6) is 0 Å². The van der Waals surface area contributed by atoms with Crippen molar-refractivity contribution in [3.63, 3.8) is 0 Å². The minimum atomic E-state index is -2.88. The fourth-order valence-corrected chi connectivity index (χ4v) is 1.73. The second kappa shape index (κ2) is 4.71. The lowest BCUT2D eigenvalue weighted by atomic mass is 10.9. The Morgan fingerprint density at radius 2 is 2.54 bits per heavy atom. The van der Waals surface area contributed by atoms with Crippen LogP contribution in [-0.2, 0) is 9.30 Å². The molecule has 0 bridgehead atoms. The first-order valence-corrected chi connectivity index (χ1v) is 5.36. The van der Waals surface area contributed by atoms with Crippen molar-refractivity contribution < 1.29 is 14.2 Å². The number of hydrogen-bond donors (Lipinski definition) is 2. The van der Waals surface area contributed by atoms with Gasteiger partial charge in [-0.25, -0.2) is 0 Å². The van der Waals surface area contributed by atoms with Crippen LogP contribution in [0.2, 0.25) is 0 Å². The minimum Gasteiger partial charge on any atom is -0.348 e. The van der Waals surface area contributed by atoms with Crippen molar-refractivity contribution in [2.45, 2.75) is 18.0 Å². The Bertz CT molecular complexity index is 305. The Labute approximate surface area is 80.4 Å². The van der Waals surface area contributed by atoms with Gasteiger partial charge in [-0.15, -0.1) is 17.7 Å². The lowest BCUT2D eigenvalue weighted by Crippen LogP contribution is -2.11. The van der Waals surface area contributed by atoms with E-state index in [0.29, 0.717) is 6.61 Å².